The highest BCUT2D eigenvalue weighted by molar-refractivity contribution is 7.98. The normalized spacial score (nSPS) is 11.6. The van der Waals surface area contributed by atoms with Crippen molar-refractivity contribution >= 4 is 11.8 Å². The topological polar surface area (TPSA) is 38.9 Å². The minimum atomic E-state index is -4.34. The van der Waals surface area contributed by atoms with Crippen molar-refractivity contribution in [2.45, 2.75) is 23.6 Å². The van der Waals surface area contributed by atoms with Crippen LogP contribution in [0.5, 0.6) is 0 Å². The van der Waals surface area contributed by atoms with Crippen LogP contribution in [-0.2, 0) is 18.3 Å². The number of rotatable bonds is 5. The number of thioether (sulfide) groups is 1. The second kappa shape index (κ2) is 7.09. The van der Waals surface area contributed by atoms with Crippen molar-refractivity contribution in [3.63, 3.8) is 0 Å². The van der Waals surface area contributed by atoms with E-state index in [2.05, 4.69) is 10.2 Å². The van der Waals surface area contributed by atoms with E-state index >= 15 is 0 Å². The maximum Gasteiger partial charge on any atom is 0.416 e. The Morgan fingerprint density at radius 3 is 2.42 bits per heavy atom. The molecule has 0 fully saturated rings. The first-order valence-electron chi connectivity index (χ1n) is 7.16. The van der Waals surface area contributed by atoms with Crippen LogP contribution in [0.25, 0.3) is 0 Å². The largest absolute Gasteiger partial charge is 0.416 e. The lowest BCUT2D eigenvalue weighted by Gasteiger charge is -2.07. The molecule has 0 spiro atoms. The summed E-state index contributed by atoms with van der Waals surface area (Å²) < 4.78 is 43.6. The molecule has 24 heavy (non-hydrogen) atoms. The number of hydrogen-bond acceptors (Lipinski definition) is 4. The molecule has 0 unspecified atom stereocenters. The first-order valence-corrected chi connectivity index (χ1v) is 8.14. The lowest BCUT2D eigenvalue weighted by Crippen LogP contribution is -2.04. The van der Waals surface area contributed by atoms with Crippen LogP contribution < -0.4 is 0 Å². The van der Waals surface area contributed by atoms with Gasteiger partial charge in [-0.05, 0) is 17.2 Å². The van der Waals surface area contributed by atoms with Gasteiger partial charge in [0.1, 0.15) is 0 Å². The van der Waals surface area contributed by atoms with Crippen LogP contribution in [0.1, 0.15) is 22.6 Å². The van der Waals surface area contributed by atoms with Crippen molar-refractivity contribution in [3.8, 4) is 0 Å². The van der Waals surface area contributed by atoms with E-state index in [1.165, 1.54) is 17.8 Å². The van der Waals surface area contributed by atoms with Gasteiger partial charge in [0.15, 0.2) is 0 Å². The SMILES string of the molecule is FC(F)(F)c1cccc(CSc2nnc(Cc3ccccc3)o2)c1. The van der Waals surface area contributed by atoms with Crippen LogP contribution in [0.3, 0.4) is 0 Å². The van der Waals surface area contributed by atoms with Crippen molar-refractivity contribution in [3.05, 3.63) is 77.2 Å². The Labute approximate surface area is 140 Å². The van der Waals surface area contributed by atoms with E-state index in [1.54, 1.807) is 6.07 Å². The fourth-order valence-corrected chi connectivity index (χ4v) is 2.84. The summed E-state index contributed by atoms with van der Waals surface area (Å²) in [6.07, 6.45) is -3.81. The Morgan fingerprint density at radius 1 is 0.917 bits per heavy atom. The number of benzene rings is 2. The van der Waals surface area contributed by atoms with Crippen LogP contribution >= 0.6 is 11.8 Å². The molecule has 0 bridgehead atoms. The third-order valence-electron chi connectivity index (χ3n) is 3.26. The molecule has 3 rings (SSSR count). The molecule has 0 atom stereocenters. The number of hydrogen-bond donors (Lipinski definition) is 0. The zero-order valence-electron chi connectivity index (χ0n) is 12.5. The van der Waals surface area contributed by atoms with Crippen LogP contribution in [0, 0.1) is 0 Å². The van der Waals surface area contributed by atoms with Crippen molar-refractivity contribution < 1.29 is 17.6 Å². The number of aromatic nitrogens is 2. The highest BCUT2D eigenvalue weighted by atomic mass is 32.2. The van der Waals surface area contributed by atoms with Gasteiger partial charge >= 0.3 is 6.18 Å². The number of nitrogens with zero attached hydrogens (tertiary/aromatic N) is 2. The summed E-state index contributed by atoms with van der Waals surface area (Å²) >= 11 is 1.22. The van der Waals surface area contributed by atoms with Gasteiger partial charge in [-0.2, -0.15) is 13.2 Å². The Kier molecular flexibility index (Phi) is 4.89. The van der Waals surface area contributed by atoms with Gasteiger partial charge in [-0.25, -0.2) is 0 Å². The molecule has 1 aromatic heterocycles. The summed E-state index contributed by atoms with van der Waals surface area (Å²) in [5.74, 6) is 0.810. The van der Waals surface area contributed by atoms with Gasteiger partial charge in [-0.3, -0.25) is 0 Å². The minimum absolute atomic E-state index is 0.330. The van der Waals surface area contributed by atoms with Gasteiger partial charge in [0, 0.05) is 5.75 Å². The van der Waals surface area contributed by atoms with E-state index in [9.17, 15) is 13.2 Å². The minimum Gasteiger partial charge on any atom is -0.416 e. The molecule has 2 aromatic carbocycles. The summed E-state index contributed by atoms with van der Waals surface area (Å²) in [7, 11) is 0. The monoisotopic (exact) mass is 350 g/mol. The summed E-state index contributed by atoms with van der Waals surface area (Å²) in [6.45, 7) is 0. The highest BCUT2D eigenvalue weighted by Gasteiger charge is 2.30. The molecule has 3 aromatic rings. The Bertz CT molecular complexity index is 803. The molecule has 0 aliphatic carbocycles. The van der Waals surface area contributed by atoms with Crippen LogP contribution in [0.2, 0.25) is 0 Å². The average Bonchev–Trinajstić information content (AvgIpc) is 3.01. The first kappa shape index (κ1) is 16.6. The molecule has 0 saturated heterocycles. The van der Waals surface area contributed by atoms with E-state index in [0.29, 0.717) is 28.9 Å². The second-order valence-corrected chi connectivity index (χ2v) is 6.04. The van der Waals surface area contributed by atoms with Gasteiger partial charge in [-0.15, -0.1) is 10.2 Å². The van der Waals surface area contributed by atoms with Crippen molar-refractivity contribution in [2.75, 3.05) is 0 Å². The van der Waals surface area contributed by atoms with Crippen LogP contribution in [0.4, 0.5) is 13.2 Å². The maximum absolute atomic E-state index is 12.7. The van der Waals surface area contributed by atoms with Gasteiger partial charge in [0.2, 0.25) is 5.89 Å². The standard InChI is InChI=1S/C17H13F3N2OS/c18-17(19,20)14-8-4-7-13(9-14)11-24-16-22-21-15(23-16)10-12-5-2-1-3-6-12/h1-9H,10-11H2. The lowest BCUT2D eigenvalue weighted by molar-refractivity contribution is -0.137. The van der Waals surface area contributed by atoms with E-state index in [1.807, 2.05) is 30.3 Å². The zero-order valence-corrected chi connectivity index (χ0v) is 13.3. The molecule has 7 heteroatoms. The second-order valence-electron chi connectivity index (χ2n) is 5.11. The van der Waals surface area contributed by atoms with Crippen molar-refractivity contribution in [1.29, 1.82) is 0 Å². The molecule has 0 aliphatic rings. The predicted molar refractivity (Wildman–Crippen MR) is 84.6 cm³/mol. The lowest BCUT2D eigenvalue weighted by atomic mass is 10.1. The Morgan fingerprint density at radius 2 is 1.67 bits per heavy atom. The van der Waals surface area contributed by atoms with E-state index in [0.717, 1.165) is 17.7 Å². The molecule has 0 saturated carbocycles. The van der Waals surface area contributed by atoms with Crippen molar-refractivity contribution in [1.82, 2.24) is 10.2 Å². The number of halogens is 3. The summed E-state index contributed by atoms with van der Waals surface area (Å²) in [4.78, 5) is 0. The zero-order chi connectivity index (χ0) is 17.0. The van der Waals surface area contributed by atoms with E-state index in [4.69, 9.17) is 4.42 Å². The van der Waals surface area contributed by atoms with Crippen LogP contribution in [0.15, 0.2) is 64.2 Å². The van der Waals surface area contributed by atoms with E-state index < -0.39 is 11.7 Å². The number of alkyl halides is 3. The van der Waals surface area contributed by atoms with Gasteiger partial charge in [-0.1, -0.05) is 60.3 Å². The third kappa shape index (κ3) is 4.38. The van der Waals surface area contributed by atoms with Crippen molar-refractivity contribution in [2.24, 2.45) is 0 Å². The van der Waals surface area contributed by atoms with Gasteiger partial charge in [0.05, 0.1) is 12.0 Å². The predicted octanol–water partition coefficient (Wildman–Crippen LogP) is 4.97. The fourth-order valence-electron chi connectivity index (χ4n) is 2.12. The first-order chi connectivity index (χ1) is 11.5. The Balaban J connectivity index is 1.62. The van der Waals surface area contributed by atoms with Gasteiger partial charge in [0.25, 0.3) is 5.22 Å². The highest BCUT2D eigenvalue weighted by Crippen LogP contribution is 2.31. The third-order valence-corrected chi connectivity index (χ3v) is 4.15. The fraction of sp³-hybridized carbons (Fsp3) is 0.176. The van der Waals surface area contributed by atoms with E-state index in [-0.39, 0.29) is 0 Å². The van der Waals surface area contributed by atoms with Crippen LogP contribution in [-0.4, -0.2) is 10.2 Å². The Hall–Kier alpha value is -2.28. The molecular weight excluding hydrogens is 337 g/mol. The molecule has 0 radical (unpaired) electrons. The van der Waals surface area contributed by atoms with Gasteiger partial charge < -0.3 is 4.42 Å². The smallest absolute Gasteiger partial charge is 0.416 e. The molecule has 0 N–H and O–H groups in total. The molecule has 3 nitrogen and oxygen atoms in total. The molecule has 0 amide bonds. The summed E-state index contributed by atoms with van der Waals surface area (Å²) in [5, 5.41) is 8.23. The molecular formula is C17H13F3N2OS. The average molecular weight is 350 g/mol. The quantitative estimate of drug-likeness (QED) is 0.609. The maximum atomic E-state index is 12.7. The molecule has 1 heterocycles. The summed E-state index contributed by atoms with van der Waals surface area (Å²) in [6, 6.07) is 14.9. The summed E-state index contributed by atoms with van der Waals surface area (Å²) in [5.41, 5.74) is 0.948. The molecule has 124 valence electrons. The molecule has 0 aliphatic heterocycles.